The second kappa shape index (κ2) is 5.47. The van der Waals surface area contributed by atoms with Crippen LogP contribution in [0.2, 0.25) is 0 Å². The van der Waals surface area contributed by atoms with Gasteiger partial charge in [-0.1, -0.05) is 17.7 Å². The summed E-state index contributed by atoms with van der Waals surface area (Å²) in [6, 6.07) is 8.85. The maximum absolute atomic E-state index is 5.42. The van der Waals surface area contributed by atoms with Gasteiger partial charge in [0, 0.05) is 18.3 Å². The van der Waals surface area contributed by atoms with Crippen molar-refractivity contribution in [2.24, 2.45) is 5.92 Å². The maximum atomic E-state index is 5.42. The van der Waals surface area contributed by atoms with Crippen LogP contribution in [0, 0.1) is 12.8 Å². The van der Waals surface area contributed by atoms with Crippen LogP contribution in [-0.2, 0) is 0 Å². The Morgan fingerprint density at radius 3 is 2.47 bits per heavy atom. The minimum atomic E-state index is 0.521. The lowest BCUT2D eigenvalue weighted by Crippen LogP contribution is -2.57. The first-order valence-corrected chi connectivity index (χ1v) is 7.48. The van der Waals surface area contributed by atoms with Gasteiger partial charge in [0.1, 0.15) is 0 Å². The number of hydrogen-bond acceptors (Lipinski definition) is 2. The van der Waals surface area contributed by atoms with E-state index in [0.717, 1.165) is 23.3 Å². The Morgan fingerprint density at radius 1 is 1.21 bits per heavy atom. The van der Waals surface area contributed by atoms with Crippen LogP contribution in [0.3, 0.4) is 0 Å². The number of aryl methyl sites for hydroxylation is 1. The first kappa shape index (κ1) is 12.9. The number of nitrogens with one attached hydrogen (secondary N) is 2. The van der Waals surface area contributed by atoms with Gasteiger partial charge in [-0.3, -0.25) is 0 Å². The summed E-state index contributed by atoms with van der Waals surface area (Å²) in [5.41, 5.74) is 2.33. The zero-order valence-electron chi connectivity index (χ0n) is 11.4. The predicted molar refractivity (Wildman–Crippen MR) is 83.5 cm³/mol. The topological polar surface area (TPSA) is 27.3 Å². The highest BCUT2D eigenvalue weighted by atomic mass is 32.1. The molecular weight excluding hydrogens is 254 g/mol. The molecule has 3 heterocycles. The largest absolute Gasteiger partial charge is 0.358 e. The Labute approximate surface area is 120 Å². The van der Waals surface area contributed by atoms with Crippen molar-refractivity contribution in [2.45, 2.75) is 25.8 Å². The van der Waals surface area contributed by atoms with Crippen LogP contribution in [0.1, 0.15) is 18.4 Å². The Kier molecular flexibility index (Phi) is 3.71. The van der Waals surface area contributed by atoms with Crippen molar-refractivity contribution in [1.82, 2.24) is 10.2 Å². The van der Waals surface area contributed by atoms with E-state index in [2.05, 4.69) is 46.7 Å². The highest BCUT2D eigenvalue weighted by molar-refractivity contribution is 7.80. The molecule has 0 radical (unpaired) electrons. The molecule has 0 spiro atoms. The molecule has 4 rings (SSSR count). The number of benzene rings is 1. The fraction of sp³-hybridized carbons (Fsp3) is 0.533. The monoisotopic (exact) mass is 275 g/mol. The third kappa shape index (κ3) is 3.07. The number of fused-ring (bicyclic) bond motifs is 3. The van der Waals surface area contributed by atoms with E-state index in [1.807, 2.05) is 0 Å². The molecule has 3 aliphatic rings. The Bertz CT molecular complexity index is 449. The van der Waals surface area contributed by atoms with Crippen LogP contribution >= 0.6 is 12.2 Å². The average molecular weight is 275 g/mol. The van der Waals surface area contributed by atoms with Crippen LogP contribution < -0.4 is 10.6 Å². The molecule has 19 heavy (non-hydrogen) atoms. The zero-order valence-corrected chi connectivity index (χ0v) is 12.2. The van der Waals surface area contributed by atoms with Crippen molar-refractivity contribution < 1.29 is 0 Å². The van der Waals surface area contributed by atoms with Gasteiger partial charge < -0.3 is 15.5 Å². The number of thiocarbonyl (C=S) groups is 1. The van der Waals surface area contributed by atoms with Crippen LogP contribution in [0.25, 0.3) is 0 Å². The van der Waals surface area contributed by atoms with Crippen LogP contribution in [0.15, 0.2) is 24.3 Å². The molecule has 4 heteroatoms. The summed E-state index contributed by atoms with van der Waals surface area (Å²) in [6.45, 7) is 5.76. The standard InChI is InChI=1S/C15H21N3S/c1-11-2-4-13(5-3-11)16-15(19)17-14-10-18-8-6-12(14)7-9-18/h2-5,12,14H,6-10H2,1H3,(H2,16,17,19)/t14-/m0/s1. The molecule has 0 aromatic heterocycles. The minimum absolute atomic E-state index is 0.521. The lowest BCUT2D eigenvalue weighted by atomic mass is 9.84. The van der Waals surface area contributed by atoms with Gasteiger partial charge in [-0.15, -0.1) is 0 Å². The van der Waals surface area contributed by atoms with Crippen LogP contribution in [0.5, 0.6) is 0 Å². The Balaban J connectivity index is 1.55. The van der Waals surface area contributed by atoms with Crippen molar-refractivity contribution in [2.75, 3.05) is 25.0 Å². The van der Waals surface area contributed by atoms with E-state index < -0.39 is 0 Å². The minimum Gasteiger partial charge on any atom is -0.358 e. The van der Waals surface area contributed by atoms with Gasteiger partial charge in [0.05, 0.1) is 0 Å². The summed E-state index contributed by atoms with van der Waals surface area (Å²) in [6.07, 6.45) is 2.62. The SMILES string of the molecule is Cc1ccc(NC(=S)N[C@H]2CN3CCC2CC3)cc1. The second-order valence-electron chi connectivity index (χ2n) is 5.71. The third-order valence-corrected chi connectivity index (χ3v) is 4.50. The maximum Gasteiger partial charge on any atom is 0.171 e. The number of piperidine rings is 3. The van der Waals surface area contributed by atoms with E-state index >= 15 is 0 Å². The van der Waals surface area contributed by atoms with E-state index in [1.54, 1.807) is 0 Å². The molecule has 102 valence electrons. The van der Waals surface area contributed by atoms with E-state index in [0.29, 0.717) is 6.04 Å². The first-order valence-electron chi connectivity index (χ1n) is 7.07. The summed E-state index contributed by atoms with van der Waals surface area (Å²) >= 11 is 5.42. The quantitative estimate of drug-likeness (QED) is 0.810. The van der Waals surface area contributed by atoms with Gasteiger partial charge in [-0.25, -0.2) is 0 Å². The molecule has 1 aromatic carbocycles. The van der Waals surface area contributed by atoms with Gasteiger partial charge in [0.2, 0.25) is 0 Å². The molecule has 3 saturated heterocycles. The molecule has 3 nitrogen and oxygen atoms in total. The van der Waals surface area contributed by atoms with E-state index in [1.165, 1.54) is 31.5 Å². The van der Waals surface area contributed by atoms with Crippen molar-refractivity contribution in [3.63, 3.8) is 0 Å². The smallest absolute Gasteiger partial charge is 0.171 e. The van der Waals surface area contributed by atoms with E-state index in [-0.39, 0.29) is 0 Å². The fourth-order valence-corrected chi connectivity index (χ4v) is 3.37. The average Bonchev–Trinajstić information content (AvgIpc) is 2.43. The first-order chi connectivity index (χ1) is 9.20. The molecule has 2 bridgehead atoms. The zero-order chi connectivity index (χ0) is 13.2. The fourth-order valence-electron chi connectivity index (χ4n) is 3.10. The number of rotatable bonds is 2. The van der Waals surface area contributed by atoms with Gasteiger partial charge in [-0.05, 0) is 63.1 Å². The van der Waals surface area contributed by atoms with Crippen molar-refractivity contribution in [3.8, 4) is 0 Å². The van der Waals surface area contributed by atoms with Crippen molar-refractivity contribution in [1.29, 1.82) is 0 Å². The summed E-state index contributed by atoms with van der Waals surface area (Å²) in [5, 5.41) is 7.52. The van der Waals surface area contributed by atoms with Crippen molar-refractivity contribution in [3.05, 3.63) is 29.8 Å². The summed E-state index contributed by atoms with van der Waals surface area (Å²) in [4.78, 5) is 2.53. The van der Waals surface area contributed by atoms with Crippen molar-refractivity contribution >= 4 is 23.0 Å². The molecule has 3 aliphatic heterocycles. The normalized spacial score (nSPS) is 29.0. The molecule has 3 fully saturated rings. The van der Waals surface area contributed by atoms with E-state index in [4.69, 9.17) is 12.2 Å². The molecule has 0 aliphatic carbocycles. The van der Waals surface area contributed by atoms with Crippen LogP contribution in [-0.4, -0.2) is 35.7 Å². The lowest BCUT2D eigenvalue weighted by molar-refractivity contribution is 0.0815. The lowest BCUT2D eigenvalue weighted by Gasteiger charge is -2.45. The summed E-state index contributed by atoms with van der Waals surface area (Å²) in [5.74, 6) is 0.794. The molecule has 0 amide bonds. The summed E-state index contributed by atoms with van der Waals surface area (Å²) < 4.78 is 0. The van der Waals surface area contributed by atoms with Gasteiger partial charge in [-0.2, -0.15) is 0 Å². The highest BCUT2D eigenvalue weighted by Gasteiger charge is 2.34. The summed E-state index contributed by atoms with van der Waals surface area (Å²) in [7, 11) is 0. The predicted octanol–water partition coefficient (Wildman–Crippen LogP) is 2.38. The molecular formula is C15H21N3S. The molecule has 2 N–H and O–H groups in total. The molecule has 1 atom stereocenters. The van der Waals surface area contributed by atoms with Gasteiger partial charge in [0.25, 0.3) is 0 Å². The van der Waals surface area contributed by atoms with E-state index in [9.17, 15) is 0 Å². The number of hydrogen-bond donors (Lipinski definition) is 2. The Morgan fingerprint density at radius 2 is 1.89 bits per heavy atom. The second-order valence-corrected chi connectivity index (χ2v) is 6.12. The van der Waals surface area contributed by atoms with Crippen LogP contribution in [0.4, 0.5) is 5.69 Å². The molecule has 1 aromatic rings. The third-order valence-electron chi connectivity index (χ3n) is 4.28. The molecule has 0 unspecified atom stereocenters. The number of nitrogens with zero attached hydrogens (tertiary/aromatic N) is 1. The van der Waals surface area contributed by atoms with Gasteiger partial charge >= 0.3 is 0 Å². The van der Waals surface area contributed by atoms with Gasteiger partial charge in [0.15, 0.2) is 5.11 Å². The molecule has 0 saturated carbocycles. The Hall–Kier alpha value is -1.13. The number of anilines is 1. The highest BCUT2D eigenvalue weighted by Crippen LogP contribution is 2.27.